The summed E-state index contributed by atoms with van der Waals surface area (Å²) in [5.41, 5.74) is 0.605. The lowest BCUT2D eigenvalue weighted by Crippen LogP contribution is -2.38. The van der Waals surface area contributed by atoms with Gasteiger partial charge in [-0.05, 0) is 30.3 Å². The maximum atomic E-state index is 12.7. The van der Waals surface area contributed by atoms with E-state index < -0.39 is 11.9 Å². The minimum atomic E-state index is -4.52. The predicted octanol–water partition coefficient (Wildman–Crippen LogP) is 3.36. The third-order valence-electron chi connectivity index (χ3n) is 4.03. The summed E-state index contributed by atoms with van der Waals surface area (Å²) in [6.45, 7) is 1.40. The van der Waals surface area contributed by atoms with E-state index >= 15 is 0 Å². The number of carbonyl (C=O) groups is 1. The van der Waals surface area contributed by atoms with Crippen molar-refractivity contribution in [2.75, 3.05) is 18.0 Å². The number of rotatable bonds is 4. The Balaban J connectivity index is 1.58. The highest BCUT2D eigenvalue weighted by Gasteiger charge is 2.33. The number of aldehydes is 1. The Bertz CT molecular complexity index is 727. The van der Waals surface area contributed by atoms with Gasteiger partial charge in [0.25, 0.3) is 0 Å². The zero-order chi connectivity index (χ0) is 17.9. The van der Waals surface area contributed by atoms with Crippen LogP contribution in [-0.2, 0) is 6.18 Å². The van der Waals surface area contributed by atoms with Crippen molar-refractivity contribution in [1.29, 1.82) is 0 Å². The molecule has 2 heterocycles. The number of ether oxygens (including phenoxy) is 1. The van der Waals surface area contributed by atoms with Crippen LogP contribution in [0.2, 0.25) is 0 Å². The molecule has 3 rings (SSSR count). The van der Waals surface area contributed by atoms with Gasteiger partial charge in [-0.15, -0.1) is 0 Å². The fourth-order valence-electron chi connectivity index (χ4n) is 2.70. The highest BCUT2D eigenvalue weighted by atomic mass is 19.4. The van der Waals surface area contributed by atoms with Gasteiger partial charge in [-0.25, -0.2) is 4.98 Å². The lowest BCUT2D eigenvalue weighted by Gasteiger charge is -2.33. The van der Waals surface area contributed by atoms with Crippen molar-refractivity contribution < 1.29 is 22.7 Å². The van der Waals surface area contributed by atoms with Gasteiger partial charge in [0.15, 0.2) is 5.69 Å². The maximum absolute atomic E-state index is 12.7. The Morgan fingerprint density at radius 1 is 1.12 bits per heavy atom. The SMILES string of the molecule is O=Cc1ccc(N2CCC(Oc3nccc(C(F)(F)F)n3)CC2)cc1. The number of hydrogen-bond donors (Lipinski definition) is 0. The summed E-state index contributed by atoms with van der Waals surface area (Å²) in [6, 6.07) is 7.83. The average molecular weight is 351 g/mol. The second-order valence-electron chi connectivity index (χ2n) is 5.74. The molecule has 25 heavy (non-hydrogen) atoms. The van der Waals surface area contributed by atoms with Crippen molar-refractivity contribution >= 4 is 12.0 Å². The van der Waals surface area contributed by atoms with Crippen molar-refractivity contribution in [2.45, 2.75) is 25.1 Å². The van der Waals surface area contributed by atoms with E-state index in [1.165, 1.54) is 0 Å². The van der Waals surface area contributed by atoms with Crippen LogP contribution in [0.15, 0.2) is 36.5 Å². The summed E-state index contributed by atoms with van der Waals surface area (Å²) in [6.07, 6.45) is -1.61. The fraction of sp³-hybridized carbons (Fsp3) is 0.353. The molecule has 0 amide bonds. The molecule has 132 valence electrons. The zero-order valence-electron chi connectivity index (χ0n) is 13.2. The summed E-state index contributed by atoms with van der Waals surface area (Å²) in [5.74, 6) is 0. The first-order valence-corrected chi connectivity index (χ1v) is 7.83. The first-order valence-electron chi connectivity index (χ1n) is 7.83. The molecule has 1 aromatic carbocycles. The number of halogens is 3. The topological polar surface area (TPSA) is 55.3 Å². The number of piperidine rings is 1. The van der Waals surface area contributed by atoms with E-state index in [2.05, 4.69) is 14.9 Å². The van der Waals surface area contributed by atoms with E-state index in [0.717, 1.165) is 24.2 Å². The highest BCUT2D eigenvalue weighted by molar-refractivity contribution is 5.75. The fourth-order valence-corrected chi connectivity index (χ4v) is 2.70. The first-order chi connectivity index (χ1) is 12.0. The lowest BCUT2D eigenvalue weighted by atomic mass is 10.1. The minimum absolute atomic E-state index is 0.228. The number of benzene rings is 1. The quantitative estimate of drug-likeness (QED) is 0.791. The van der Waals surface area contributed by atoms with Gasteiger partial charge in [0.05, 0.1) is 0 Å². The van der Waals surface area contributed by atoms with Gasteiger partial charge in [0, 0.05) is 43.4 Å². The normalized spacial score (nSPS) is 15.9. The van der Waals surface area contributed by atoms with Crippen LogP contribution in [-0.4, -0.2) is 35.4 Å². The number of anilines is 1. The summed E-state index contributed by atoms with van der Waals surface area (Å²) >= 11 is 0. The lowest BCUT2D eigenvalue weighted by molar-refractivity contribution is -0.141. The van der Waals surface area contributed by atoms with Gasteiger partial charge >= 0.3 is 12.2 Å². The molecule has 1 fully saturated rings. The smallest absolute Gasteiger partial charge is 0.433 e. The molecule has 0 aliphatic carbocycles. The molecule has 0 spiro atoms. The molecule has 0 radical (unpaired) electrons. The molecular formula is C17H16F3N3O2. The van der Waals surface area contributed by atoms with Crippen molar-refractivity contribution in [2.24, 2.45) is 0 Å². The third-order valence-corrected chi connectivity index (χ3v) is 4.03. The third kappa shape index (κ3) is 4.26. The minimum Gasteiger partial charge on any atom is -0.460 e. The van der Waals surface area contributed by atoms with Crippen molar-refractivity contribution in [3.05, 3.63) is 47.8 Å². The summed E-state index contributed by atoms with van der Waals surface area (Å²) in [7, 11) is 0. The van der Waals surface area contributed by atoms with Crippen LogP contribution in [0.5, 0.6) is 6.01 Å². The van der Waals surface area contributed by atoms with Crippen LogP contribution in [0.1, 0.15) is 28.9 Å². The van der Waals surface area contributed by atoms with Crippen LogP contribution in [0.3, 0.4) is 0 Å². The number of carbonyl (C=O) groups excluding carboxylic acids is 1. The van der Waals surface area contributed by atoms with Gasteiger partial charge < -0.3 is 9.64 Å². The first kappa shape index (κ1) is 17.2. The standard InChI is InChI=1S/C17H16F3N3O2/c18-17(19,20)15-5-8-21-16(22-15)25-14-6-9-23(10-7-14)13-3-1-12(11-24)2-4-13/h1-5,8,11,14H,6-7,9-10H2. The van der Waals surface area contributed by atoms with Crippen molar-refractivity contribution in [3.8, 4) is 6.01 Å². The predicted molar refractivity (Wildman–Crippen MR) is 84.7 cm³/mol. The number of hydrogen-bond acceptors (Lipinski definition) is 5. The van der Waals surface area contributed by atoms with E-state index in [1.54, 1.807) is 12.1 Å². The molecule has 2 aromatic rings. The van der Waals surface area contributed by atoms with E-state index in [-0.39, 0.29) is 12.1 Å². The van der Waals surface area contributed by atoms with Crippen LogP contribution < -0.4 is 9.64 Å². The second kappa shape index (κ2) is 7.08. The molecule has 0 unspecified atom stereocenters. The van der Waals surface area contributed by atoms with E-state index in [1.807, 2.05) is 12.1 Å². The van der Waals surface area contributed by atoms with Crippen LogP contribution in [0.4, 0.5) is 18.9 Å². The second-order valence-corrected chi connectivity index (χ2v) is 5.74. The highest BCUT2D eigenvalue weighted by Crippen LogP contribution is 2.28. The molecule has 1 aliphatic heterocycles. The molecule has 1 saturated heterocycles. The number of nitrogens with zero attached hydrogens (tertiary/aromatic N) is 3. The average Bonchev–Trinajstić information content (AvgIpc) is 2.62. The van der Waals surface area contributed by atoms with Gasteiger partial charge in [0.2, 0.25) is 0 Å². The van der Waals surface area contributed by atoms with Crippen molar-refractivity contribution in [1.82, 2.24) is 9.97 Å². The molecule has 0 atom stereocenters. The molecule has 8 heteroatoms. The molecule has 1 aliphatic rings. The number of alkyl halides is 3. The zero-order valence-corrected chi connectivity index (χ0v) is 13.2. The Hall–Kier alpha value is -2.64. The molecule has 0 bridgehead atoms. The monoisotopic (exact) mass is 351 g/mol. The Morgan fingerprint density at radius 3 is 2.40 bits per heavy atom. The van der Waals surface area contributed by atoms with Gasteiger partial charge in [-0.1, -0.05) is 0 Å². The molecule has 0 N–H and O–H groups in total. The molecule has 1 aromatic heterocycles. The number of aromatic nitrogens is 2. The summed E-state index contributed by atoms with van der Waals surface area (Å²) in [5, 5.41) is 0. The van der Waals surface area contributed by atoms with Crippen LogP contribution in [0, 0.1) is 0 Å². The van der Waals surface area contributed by atoms with E-state index in [4.69, 9.17) is 4.74 Å². The van der Waals surface area contributed by atoms with Gasteiger partial charge in [-0.2, -0.15) is 18.2 Å². The van der Waals surface area contributed by atoms with Gasteiger partial charge in [-0.3, -0.25) is 4.79 Å². The molecule has 5 nitrogen and oxygen atoms in total. The Morgan fingerprint density at radius 2 is 1.80 bits per heavy atom. The summed E-state index contributed by atoms with van der Waals surface area (Å²) < 4.78 is 43.5. The van der Waals surface area contributed by atoms with E-state index in [0.29, 0.717) is 31.5 Å². The van der Waals surface area contributed by atoms with Gasteiger partial charge in [0.1, 0.15) is 12.4 Å². The maximum Gasteiger partial charge on any atom is 0.433 e. The Kier molecular flexibility index (Phi) is 4.87. The molecular weight excluding hydrogens is 335 g/mol. The largest absolute Gasteiger partial charge is 0.460 e. The molecule has 0 saturated carbocycles. The van der Waals surface area contributed by atoms with E-state index in [9.17, 15) is 18.0 Å². The summed E-state index contributed by atoms with van der Waals surface area (Å²) in [4.78, 5) is 20.0. The Labute approximate surface area is 142 Å². The van der Waals surface area contributed by atoms with Crippen LogP contribution >= 0.6 is 0 Å². The van der Waals surface area contributed by atoms with Crippen LogP contribution in [0.25, 0.3) is 0 Å². The van der Waals surface area contributed by atoms with Crippen molar-refractivity contribution in [3.63, 3.8) is 0 Å².